The summed E-state index contributed by atoms with van der Waals surface area (Å²) in [6.07, 6.45) is 2.27. The van der Waals surface area contributed by atoms with Gasteiger partial charge in [-0.3, -0.25) is 0 Å². The number of likely N-dealkylation sites (N-methyl/N-ethyl adjacent to an activating group) is 1. The van der Waals surface area contributed by atoms with Gasteiger partial charge in [-0.2, -0.15) is 0 Å². The molecule has 1 rings (SSSR count). The van der Waals surface area contributed by atoms with Crippen LogP contribution in [0.2, 0.25) is 0 Å². The third-order valence-corrected chi connectivity index (χ3v) is 2.88. The fourth-order valence-electron chi connectivity index (χ4n) is 1.92. The number of rotatable bonds is 5. The van der Waals surface area contributed by atoms with E-state index < -0.39 is 0 Å². The van der Waals surface area contributed by atoms with Gasteiger partial charge in [-0.15, -0.1) is 0 Å². The van der Waals surface area contributed by atoms with Crippen LogP contribution >= 0.6 is 0 Å². The smallest absolute Gasteiger partial charge is 0.00113 e. The summed E-state index contributed by atoms with van der Waals surface area (Å²) in [6, 6.07) is 6.93. The van der Waals surface area contributed by atoms with Gasteiger partial charge in [0.25, 0.3) is 0 Å². The Kier molecular flexibility index (Phi) is 4.83. The van der Waals surface area contributed by atoms with Crippen molar-refractivity contribution in [3.63, 3.8) is 0 Å². The second-order valence-corrected chi connectivity index (χ2v) is 4.39. The Balaban J connectivity index is 2.94. The first kappa shape index (κ1) is 12.3. The van der Waals surface area contributed by atoms with Crippen LogP contribution in [-0.2, 0) is 12.8 Å². The summed E-state index contributed by atoms with van der Waals surface area (Å²) in [4.78, 5) is 0. The van der Waals surface area contributed by atoms with Crippen LogP contribution in [0, 0.1) is 0 Å². The first-order chi connectivity index (χ1) is 7.19. The molecule has 0 amide bonds. The standard InChI is InChI=1S/C14H23N/c1-5-12-6-7-14(11(2)3)13(10-12)8-9-15-4/h6-7,10-11,15H,5,8-9H2,1-4H3. The number of benzene rings is 1. The van der Waals surface area contributed by atoms with Crippen LogP contribution in [0.3, 0.4) is 0 Å². The molecule has 1 heteroatoms. The molecular weight excluding hydrogens is 182 g/mol. The Hall–Kier alpha value is -0.820. The molecule has 1 aromatic carbocycles. The van der Waals surface area contributed by atoms with E-state index in [0.717, 1.165) is 19.4 Å². The summed E-state index contributed by atoms with van der Waals surface area (Å²) in [5.74, 6) is 0.628. The number of hydrogen-bond donors (Lipinski definition) is 1. The second kappa shape index (κ2) is 5.92. The molecule has 0 aliphatic rings. The first-order valence-electron chi connectivity index (χ1n) is 5.95. The molecule has 0 heterocycles. The molecular formula is C14H23N. The monoisotopic (exact) mass is 205 g/mol. The molecule has 0 unspecified atom stereocenters. The molecule has 0 bridgehead atoms. The highest BCUT2D eigenvalue weighted by Gasteiger charge is 2.06. The van der Waals surface area contributed by atoms with Crippen LogP contribution < -0.4 is 5.32 Å². The molecule has 15 heavy (non-hydrogen) atoms. The highest BCUT2D eigenvalue weighted by molar-refractivity contribution is 5.34. The highest BCUT2D eigenvalue weighted by atomic mass is 14.8. The lowest BCUT2D eigenvalue weighted by atomic mass is 9.93. The maximum Gasteiger partial charge on any atom is -0.00113 e. The molecule has 0 aliphatic carbocycles. The van der Waals surface area contributed by atoms with Gasteiger partial charge in [0.2, 0.25) is 0 Å². The van der Waals surface area contributed by atoms with Crippen molar-refractivity contribution >= 4 is 0 Å². The van der Waals surface area contributed by atoms with E-state index in [4.69, 9.17) is 0 Å². The zero-order valence-electron chi connectivity index (χ0n) is 10.4. The van der Waals surface area contributed by atoms with Crippen molar-refractivity contribution < 1.29 is 0 Å². The minimum Gasteiger partial charge on any atom is -0.319 e. The van der Waals surface area contributed by atoms with Crippen LogP contribution in [0.4, 0.5) is 0 Å². The maximum absolute atomic E-state index is 3.22. The zero-order chi connectivity index (χ0) is 11.3. The second-order valence-electron chi connectivity index (χ2n) is 4.39. The minimum atomic E-state index is 0.628. The highest BCUT2D eigenvalue weighted by Crippen LogP contribution is 2.21. The maximum atomic E-state index is 3.22. The van der Waals surface area contributed by atoms with E-state index in [1.54, 1.807) is 0 Å². The topological polar surface area (TPSA) is 12.0 Å². The Bertz CT molecular complexity index is 302. The van der Waals surface area contributed by atoms with E-state index in [1.807, 2.05) is 7.05 Å². The van der Waals surface area contributed by atoms with Crippen molar-refractivity contribution in [2.75, 3.05) is 13.6 Å². The van der Waals surface area contributed by atoms with Gasteiger partial charge in [0.05, 0.1) is 0 Å². The van der Waals surface area contributed by atoms with Gasteiger partial charge in [-0.05, 0) is 49.0 Å². The van der Waals surface area contributed by atoms with Crippen molar-refractivity contribution in [3.8, 4) is 0 Å². The number of hydrogen-bond acceptors (Lipinski definition) is 1. The lowest BCUT2D eigenvalue weighted by molar-refractivity contribution is 0.767. The predicted octanol–water partition coefficient (Wildman–Crippen LogP) is 3.13. The Labute approximate surface area is 93.9 Å². The number of nitrogens with one attached hydrogen (secondary N) is 1. The molecule has 0 fully saturated rings. The summed E-state index contributed by atoms with van der Waals surface area (Å²) in [5, 5.41) is 3.22. The molecule has 0 spiro atoms. The molecule has 84 valence electrons. The quantitative estimate of drug-likeness (QED) is 0.778. The third kappa shape index (κ3) is 3.35. The largest absolute Gasteiger partial charge is 0.319 e. The van der Waals surface area contributed by atoms with E-state index >= 15 is 0 Å². The Morgan fingerprint density at radius 2 is 2.00 bits per heavy atom. The van der Waals surface area contributed by atoms with E-state index in [1.165, 1.54) is 16.7 Å². The van der Waals surface area contributed by atoms with Gasteiger partial charge < -0.3 is 5.32 Å². The van der Waals surface area contributed by atoms with Gasteiger partial charge in [0, 0.05) is 0 Å². The van der Waals surface area contributed by atoms with E-state index in [2.05, 4.69) is 44.3 Å². The summed E-state index contributed by atoms with van der Waals surface area (Å²) >= 11 is 0. The van der Waals surface area contributed by atoms with Crippen LogP contribution in [0.15, 0.2) is 18.2 Å². The van der Waals surface area contributed by atoms with Crippen LogP contribution in [0.5, 0.6) is 0 Å². The lowest BCUT2D eigenvalue weighted by Gasteiger charge is -2.14. The van der Waals surface area contributed by atoms with Gasteiger partial charge in [-0.1, -0.05) is 39.0 Å². The van der Waals surface area contributed by atoms with Crippen molar-refractivity contribution in [1.82, 2.24) is 5.32 Å². The first-order valence-corrected chi connectivity index (χ1v) is 5.95. The zero-order valence-corrected chi connectivity index (χ0v) is 10.4. The Morgan fingerprint density at radius 1 is 1.27 bits per heavy atom. The van der Waals surface area contributed by atoms with E-state index in [-0.39, 0.29) is 0 Å². The molecule has 0 aliphatic heterocycles. The summed E-state index contributed by atoms with van der Waals surface area (Å²) in [7, 11) is 2.01. The molecule has 0 saturated carbocycles. The fourth-order valence-corrected chi connectivity index (χ4v) is 1.92. The third-order valence-electron chi connectivity index (χ3n) is 2.88. The van der Waals surface area contributed by atoms with Crippen molar-refractivity contribution in [3.05, 3.63) is 34.9 Å². The van der Waals surface area contributed by atoms with E-state index in [9.17, 15) is 0 Å². The summed E-state index contributed by atoms with van der Waals surface area (Å²) in [6.45, 7) is 7.81. The fraction of sp³-hybridized carbons (Fsp3) is 0.571. The van der Waals surface area contributed by atoms with E-state index in [0.29, 0.717) is 5.92 Å². The van der Waals surface area contributed by atoms with Crippen molar-refractivity contribution in [2.45, 2.75) is 39.5 Å². The van der Waals surface area contributed by atoms with Crippen LogP contribution in [0.25, 0.3) is 0 Å². The van der Waals surface area contributed by atoms with Crippen LogP contribution in [-0.4, -0.2) is 13.6 Å². The number of aryl methyl sites for hydroxylation is 1. The molecule has 1 N–H and O–H groups in total. The van der Waals surface area contributed by atoms with Gasteiger partial charge in [0.1, 0.15) is 0 Å². The SMILES string of the molecule is CCc1ccc(C(C)C)c(CCNC)c1. The van der Waals surface area contributed by atoms with Gasteiger partial charge in [-0.25, -0.2) is 0 Å². The molecule has 1 aromatic rings. The summed E-state index contributed by atoms with van der Waals surface area (Å²) < 4.78 is 0. The average molecular weight is 205 g/mol. The molecule has 0 atom stereocenters. The molecule has 0 radical (unpaired) electrons. The lowest BCUT2D eigenvalue weighted by Crippen LogP contribution is -2.12. The summed E-state index contributed by atoms with van der Waals surface area (Å²) in [5.41, 5.74) is 4.46. The average Bonchev–Trinajstić information content (AvgIpc) is 2.25. The van der Waals surface area contributed by atoms with Crippen LogP contribution in [0.1, 0.15) is 43.4 Å². The van der Waals surface area contributed by atoms with Gasteiger partial charge >= 0.3 is 0 Å². The molecule has 1 nitrogen and oxygen atoms in total. The van der Waals surface area contributed by atoms with Crippen molar-refractivity contribution in [2.24, 2.45) is 0 Å². The Morgan fingerprint density at radius 3 is 2.53 bits per heavy atom. The van der Waals surface area contributed by atoms with Gasteiger partial charge in [0.15, 0.2) is 0 Å². The van der Waals surface area contributed by atoms with Crippen molar-refractivity contribution in [1.29, 1.82) is 0 Å². The molecule has 0 saturated heterocycles. The predicted molar refractivity (Wildman–Crippen MR) is 67.5 cm³/mol. The minimum absolute atomic E-state index is 0.628. The normalized spacial score (nSPS) is 11.0. The molecule has 0 aromatic heterocycles.